The Balaban J connectivity index is 1.78. The Kier molecular flexibility index (Phi) is 4.57. The molecule has 1 aliphatic heterocycles. The lowest BCUT2D eigenvalue weighted by Crippen LogP contribution is -2.25. The molecule has 1 saturated heterocycles. The molecular weight excluding hydrogens is 372 g/mol. The van der Waals surface area contributed by atoms with Crippen LogP contribution in [0.4, 0.5) is 5.82 Å². The number of rotatable bonds is 4. The van der Waals surface area contributed by atoms with Crippen molar-refractivity contribution in [3.8, 4) is 0 Å². The van der Waals surface area contributed by atoms with Gasteiger partial charge >= 0.3 is 0 Å². The number of hydrogen-bond acceptors (Lipinski definition) is 8. The molecule has 2 aromatic heterocycles. The van der Waals surface area contributed by atoms with E-state index < -0.39 is 23.4 Å². The number of aromatic nitrogens is 4. The number of aliphatic hydroxyl groups is 1. The van der Waals surface area contributed by atoms with Gasteiger partial charge in [-0.2, -0.15) is 0 Å². The Morgan fingerprint density at radius 2 is 2.27 bits per heavy atom. The Labute approximate surface area is 140 Å². The number of hydrogen-bond donors (Lipinski definition) is 2. The van der Waals surface area contributed by atoms with E-state index in [0.29, 0.717) is 17.6 Å². The highest BCUT2D eigenvalue weighted by Crippen LogP contribution is 2.58. The number of nitrogens with zero attached hydrogens (tertiary/aromatic N) is 4. The Morgan fingerprint density at radius 1 is 1.50 bits per heavy atom. The summed E-state index contributed by atoms with van der Waals surface area (Å²) in [7, 11) is 0. The Morgan fingerprint density at radius 3 is 3.00 bits per heavy atom. The molecule has 1 aliphatic rings. The van der Waals surface area contributed by atoms with Gasteiger partial charge in [0.05, 0.1) is 19.0 Å². The van der Waals surface area contributed by atoms with Crippen LogP contribution in [0.1, 0.15) is 12.6 Å². The zero-order valence-corrected chi connectivity index (χ0v) is 14.3. The van der Waals surface area contributed by atoms with Crippen molar-refractivity contribution in [2.24, 2.45) is 0 Å². The van der Waals surface area contributed by atoms with Crippen LogP contribution >= 0.6 is 27.5 Å². The van der Waals surface area contributed by atoms with Gasteiger partial charge in [0, 0.05) is 6.42 Å². The maximum absolute atomic E-state index is 10.1. The van der Waals surface area contributed by atoms with Crippen molar-refractivity contribution in [3.63, 3.8) is 0 Å². The minimum atomic E-state index is -2.84. The highest BCUT2D eigenvalue weighted by Gasteiger charge is 2.36. The van der Waals surface area contributed by atoms with E-state index >= 15 is 0 Å². The van der Waals surface area contributed by atoms with Crippen LogP contribution in [0.5, 0.6) is 0 Å². The van der Waals surface area contributed by atoms with E-state index in [1.165, 1.54) is 6.33 Å². The summed E-state index contributed by atoms with van der Waals surface area (Å²) in [5.41, 5.74) is 6.76. The third kappa shape index (κ3) is 3.35. The van der Waals surface area contributed by atoms with Crippen LogP contribution in [0, 0.1) is 0 Å². The molecule has 0 aromatic carbocycles. The summed E-state index contributed by atoms with van der Waals surface area (Å²) in [4.78, 5) is 9.35. The second kappa shape index (κ2) is 6.16. The average Bonchev–Trinajstić information content (AvgIpc) is 3.00. The van der Waals surface area contributed by atoms with Crippen LogP contribution in [-0.2, 0) is 21.1 Å². The van der Waals surface area contributed by atoms with Crippen molar-refractivity contribution in [3.05, 3.63) is 12.7 Å². The molecule has 0 aliphatic carbocycles. The predicted molar refractivity (Wildman–Crippen MR) is 86.2 cm³/mol. The standard InChI is InChI=1S/C10H12Cl2N5O3PS/c11-21(12,22)19-2-6-5(18)1-7(20-6)17-4-16-8-9(13)14-3-15-10(8)17/h3-7,18H,1-2H2,(H2,13,14,15)/t5-,6+,7+/m0/s1. The fraction of sp³-hybridized carbons (Fsp3) is 0.500. The molecule has 0 radical (unpaired) electrons. The largest absolute Gasteiger partial charge is 0.390 e. The molecule has 12 heteroatoms. The fourth-order valence-corrected chi connectivity index (χ4v) is 3.12. The monoisotopic (exact) mass is 383 g/mol. The quantitative estimate of drug-likeness (QED) is 0.768. The van der Waals surface area contributed by atoms with Crippen molar-refractivity contribution in [2.45, 2.75) is 24.9 Å². The second-order valence-corrected chi connectivity index (χ2v) is 11.9. The molecule has 1 fully saturated rings. The highest BCUT2D eigenvalue weighted by atomic mass is 35.9. The first kappa shape index (κ1) is 16.3. The van der Waals surface area contributed by atoms with E-state index in [1.54, 1.807) is 10.9 Å². The zero-order valence-electron chi connectivity index (χ0n) is 11.0. The molecule has 2 aromatic rings. The molecule has 0 bridgehead atoms. The lowest BCUT2D eigenvalue weighted by Gasteiger charge is -2.16. The van der Waals surface area contributed by atoms with Gasteiger partial charge in [0.15, 0.2) is 11.5 Å². The molecule has 120 valence electrons. The van der Waals surface area contributed by atoms with Gasteiger partial charge in [-0.05, 0) is 34.3 Å². The number of imidazole rings is 1. The first-order valence-electron chi connectivity index (χ1n) is 6.25. The van der Waals surface area contributed by atoms with Crippen LogP contribution in [-0.4, -0.2) is 43.4 Å². The molecule has 22 heavy (non-hydrogen) atoms. The summed E-state index contributed by atoms with van der Waals surface area (Å²) >= 11 is 16.1. The summed E-state index contributed by atoms with van der Waals surface area (Å²) in [5, 5.41) is 10.1. The van der Waals surface area contributed by atoms with Crippen LogP contribution in [0.2, 0.25) is 0 Å². The number of nitrogen functional groups attached to an aromatic ring is 1. The number of halogens is 2. The SMILES string of the molecule is Nc1ncnc2c1ncn2[C@H]1C[C@H](O)[C@@H](COP(=S)(Cl)Cl)O1. The molecule has 3 atom stereocenters. The molecule has 0 saturated carbocycles. The van der Waals surface area contributed by atoms with E-state index in [9.17, 15) is 5.11 Å². The van der Waals surface area contributed by atoms with E-state index in [-0.39, 0.29) is 12.4 Å². The van der Waals surface area contributed by atoms with Crippen molar-refractivity contribution in [1.82, 2.24) is 19.5 Å². The van der Waals surface area contributed by atoms with Crippen molar-refractivity contribution < 1.29 is 14.4 Å². The predicted octanol–water partition coefficient (Wildman–Crippen LogP) is 1.78. The number of anilines is 1. The summed E-state index contributed by atoms with van der Waals surface area (Å²) in [6.45, 7) is 0.0195. The van der Waals surface area contributed by atoms with Gasteiger partial charge < -0.3 is 20.1 Å². The number of ether oxygens (including phenoxy) is 1. The number of nitrogens with two attached hydrogens (primary N) is 1. The number of fused-ring (bicyclic) bond motifs is 1. The van der Waals surface area contributed by atoms with Crippen LogP contribution in [0.25, 0.3) is 11.2 Å². The maximum atomic E-state index is 10.1. The summed E-state index contributed by atoms with van der Waals surface area (Å²) in [6, 6.07) is 0. The van der Waals surface area contributed by atoms with Crippen LogP contribution in [0.3, 0.4) is 0 Å². The first-order chi connectivity index (χ1) is 10.3. The lowest BCUT2D eigenvalue weighted by atomic mass is 10.2. The van der Waals surface area contributed by atoms with Crippen molar-refractivity contribution >= 4 is 56.2 Å². The summed E-state index contributed by atoms with van der Waals surface area (Å²) in [5.74, 6) is 0.284. The minimum absolute atomic E-state index is 0.0195. The number of aliphatic hydroxyl groups excluding tert-OH is 1. The van der Waals surface area contributed by atoms with Gasteiger partial charge in [0.1, 0.15) is 24.2 Å². The molecular formula is C10H12Cl2N5O3PS. The smallest absolute Gasteiger partial charge is 0.240 e. The lowest BCUT2D eigenvalue weighted by molar-refractivity contribution is -0.0358. The summed E-state index contributed by atoms with van der Waals surface area (Å²) < 4.78 is 12.6. The van der Waals surface area contributed by atoms with E-state index in [1.807, 2.05) is 0 Å². The fourth-order valence-electron chi connectivity index (χ4n) is 2.28. The van der Waals surface area contributed by atoms with Crippen LogP contribution in [0.15, 0.2) is 12.7 Å². The van der Waals surface area contributed by atoms with Crippen molar-refractivity contribution in [2.75, 3.05) is 12.3 Å². The molecule has 0 amide bonds. The second-order valence-electron chi connectivity index (χ2n) is 4.73. The Hall–Kier alpha value is -0.540. The van der Waals surface area contributed by atoms with Gasteiger partial charge in [0.2, 0.25) is 4.97 Å². The normalized spacial score (nSPS) is 25.9. The summed E-state index contributed by atoms with van der Waals surface area (Å²) in [6.07, 6.45) is 1.46. The van der Waals surface area contributed by atoms with Gasteiger partial charge in [-0.3, -0.25) is 4.57 Å². The minimum Gasteiger partial charge on any atom is -0.390 e. The molecule has 3 heterocycles. The molecule has 3 rings (SSSR count). The van der Waals surface area contributed by atoms with Crippen LogP contribution < -0.4 is 5.73 Å². The molecule has 0 spiro atoms. The van der Waals surface area contributed by atoms with E-state index in [2.05, 4.69) is 15.0 Å². The Bertz CT molecular complexity index is 740. The topological polar surface area (TPSA) is 108 Å². The maximum Gasteiger partial charge on any atom is 0.240 e. The van der Waals surface area contributed by atoms with Gasteiger partial charge in [0.25, 0.3) is 0 Å². The highest BCUT2D eigenvalue weighted by molar-refractivity contribution is 8.36. The zero-order chi connectivity index (χ0) is 15.9. The van der Waals surface area contributed by atoms with E-state index in [4.69, 9.17) is 49.3 Å². The third-order valence-corrected chi connectivity index (χ3v) is 4.64. The molecule has 8 nitrogen and oxygen atoms in total. The van der Waals surface area contributed by atoms with Gasteiger partial charge in [-0.15, -0.1) is 0 Å². The first-order valence-corrected chi connectivity index (χ1v) is 10.8. The molecule has 3 N–H and O–H groups in total. The van der Waals surface area contributed by atoms with E-state index in [0.717, 1.165) is 0 Å². The van der Waals surface area contributed by atoms with Gasteiger partial charge in [-0.1, -0.05) is 0 Å². The molecule has 0 unspecified atom stereocenters. The van der Waals surface area contributed by atoms with Crippen molar-refractivity contribution in [1.29, 1.82) is 0 Å². The third-order valence-electron chi connectivity index (χ3n) is 3.29. The average molecular weight is 384 g/mol. The van der Waals surface area contributed by atoms with Gasteiger partial charge in [-0.25, -0.2) is 15.0 Å².